The third kappa shape index (κ3) is 2.31. The first-order chi connectivity index (χ1) is 8.19. The van der Waals surface area contributed by atoms with Gasteiger partial charge in [0.05, 0.1) is 12.6 Å². The molecule has 2 rings (SSSR count). The molecule has 0 N–H and O–H groups in total. The predicted octanol–water partition coefficient (Wildman–Crippen LogP) is 0.143. The number of rotatable bonds is 5. The molecular formula is C11H15NO5. The van der Waals surface area contributed by atoms with Crippen LogP contribution in [0.3, 0.4) is 0 Å². The van der Waals surface area contributed by atoms with Gasteiger partial charge in [0.25, 0.3) is 0 Å². The number of epoxide rings is 1. The van der Waals surface area contributed by atoms with Gasteiger partial charge >= 0.3 is 6.09 Å². The van der Waals surface area contributed by atoms with Gasteiger partial charge in [0.15, 0.2) is 5.78 Å². The zero-order valence-electron chi connectivity index (χ0n) is 9.63. The lowest BCUT2D eigenvalue weighted by molar-refractivity contribution is -0.120. The van der Waals surface area contributed by atoms with E-state index in [9.17, 15) is 14.4 Å². The maximum absolute atomic E-state index is 11.7. The lowest BCUT2D eigenvalue weighted by Gasteiger charge is -2.27. The van der Waals surface area contributed by atoms with Crippen LogP contribution in [0.25, 0.3) is 0 Å². The van der Waals surface area contributed by atoms with E-state index in [1.54, 1.807) is 6.92 Å². The van der Waals surface area contributed by atoms with E-state index in [1.807, 2.05) is 0 Å². The van der Waals surface area contributed by atoms with Crippen molar-refractivity contribution in [2.45, 2.75) is 38.0 Å². The minimum atomic E-state index is -0.483. The molecule has 0 unspecified atom stereocenters. The standard InChI is InChI=1S/C11H15NO5/c1-2-16-11(15)12(4-3-5-13)7-6-8(14)10-9(7)17-10/h5,7,9-10H,2-4,6H2,1H3/t7-,9-,10+/m0/s1. The molecule has 0 aromatic rings. The Morgan fingerprint density at radius 2 is 2.41 bits per heavy atom. The van der Waals surface area contributed by atoms with Crippen molar-refractivity contribution < 1.29 is 23.9 Å². The molecule has 1 saturated heterocycles. The molecule has 0 aromatic heterocycles. The largest absolute Gasteiger partial charge is 0.450 e. The predicted molar refractivity (Wildman–Crippen MR) is 56.5 cm³/mol. The number of carbonyl (C=O) groups excluding carboxylic acids is 3. The Morgan fingerprint density at radius 3 is 2.88 bits per heavy atom. The lowest BCUT2D eigenvalue weighted by atomic mass is 10.2. The minimum absolute atomic E-state index is 0.0281. The molecule has 6 heteroatoms. The lowest BCUT2D eigenvalue weighted by Crippen LogP contribution is -2.43. The summed E-state index contributed by atoms with van der Waals surface area (Å²) in [5.41, 5.74) is 0. The van der Waals surface area contributed by atoms with Crippen LogP contribution in [0.15, 0.2) is 0 Å². The number of carbonyl (C=O) groups is 3. The first-order valence-corrected chi connectivity index (χ1v) is 5.74. The van der Waals surface area contributed by atoms with E-state index in [2.05, 4.69) is 0 Å². The summed E-state index contributed by atoms with van der Waals surface area (Å²) >= 11 is 0. The molecule has 17 heavy (non-hydrogen) atoms. The Balaban J connectivity index is 2.01. The number of hydrogen-bond donors (Lipinski definition) is 0. The summed E-state index contributed by atoms with van der Waals surface area (Å²) in [5, 5.41) is 0. The van der Waals surface area contributed by atoms with Crippen molar-refractivity contribution in [3.05, 3.63) is 0 Å². The SMILES string of the molecule is CCOC(=O)N(CCC=O)[C@H]1CC(=O)[C@H]2O[C@H]21. The van der Waals surface area contributed by atoms with E-state index in [-0.39, 0.29) is 43.6 Å². The molecule has 2 aliphatic rings. The van der Waals surface area contributed by atoms with Crippen molar-refractivity contribution in [3.63, 3.8) is 0 Å². The van der Waals surface area contributed by atoms with Crippen molar-refractivity contribution in [3.8, 4) is 0 Å². The first-order valence-electron chi connectivity index (χ1n) is 5.74. The quantitative estimate of drug-likeness (QED) is 0.505. The van der Waals surface area contributed by atoms with Crippen LogP contribution >= 0.6 is 0 Å². The van der Waals surface area contributed by atoms with Gasteiger partial charge in [-0.15, -0.1) is 0 Å². The van der Waals surface area contributed by atoms with Crippen LogP contribution in [0, 0.1) is 0 Å². The minimum Gasteiger partial charge on any atom is -0.450 e. The summed E-state index contributed by atoms with van der Waals surface area (Å²) in [4.78, 5) is 35.0. The summed E-state index contributed by atoms with van der Waals surface area (Å²) in [6, 6.07) is -0.272. The van der Waals surface area contributed by atoms with Gasteiger partial charge in [0, 0.05) is 19.4 Å². The molecule has 0 spiro atoms. The number of Topliss-reactive ketones (excluding diaryl/α,β-unsaturated/α-hetero) is 1. The van der Waals surface area contributed by atoms with Crippen LogP contribution in [0.5, 0.6) is 0 Å². The molecule has 0 radical (unpaired) electrons. The number of hydrogen-bond acceptors (Lipinski definition) is 5. The first kappa shape index (κ1) is 12.0. The van der Waals surface area contributed by atoms with Crippen molar-refractivity contribution in [2.24, 2.45) is 0 Å². The van der Waals surface area contributed by atoms with E-state index in [0.29, 0.717) is 6.42 Å². The highest BCUT2D eigenvalue weighted by Gasteiger charge is 2.59. The summed E-state index contributed by atoms with van der Waals surface area (Å²) in [7, 11) is 0. The zero-order chi connectivity index (χ0) is 12.4. The molecule has 6 nitrogen and oxygen atoms in total. The summed E-state index contributed by atoms with van der Waals surface area (Å²) in [6.45, 7) is 2.25. The average Bonchev–Trinajstić information content (AvgIpc) is 3.02. The number of ketones is 1. The Hall–Kier alpha value is -1.43. The molecule has 1 amide bonds. The molecule has 1 aliphatic carbocycles. The van der Waals surface area contributed by atoms with Crippen molar-refractivity contribution in [1.29, 1.82) is 0 Å². The smallest absolute Gasteiger partial charge is 0.410 e. The zero-order valence-corrected chi connectivity index (χ0v) is 9.63. The fraction of sp³-hybridized carbons (Fsp3) is 0.727. The molecule has 1 saturated carbocycles. The fourth-order valence-electron chi connectivity index (χ4n) is 2.19. The molecule has 2 fully saturated rings. The number of nitrogens with zero attached hydrogens (tertiary/aromatic N) is 1. The van der Waals surface area contributed by atoms with Gasteiger partial charge in [0.1, 0.15) is 18.5 Å². The van der Waals surface area contributed by atoms with Gasteiger partial charge in [-0.1, -0.05) is 0 Å². The average molecular weight is 241 g/mol. The number of amides is 1. The molecule has 3 atom stereocenters. The molecule has 0 aromatic carbocycles. The van der Waals surface area contributed by atoms with E-state index in [0.717, 1.165) is 6.29 Å². The van der Waals surface area contributed by atoms with Crippen LogP contribution in [-0.2, 0) is 19.1 Å². The Morgan fingerprint density at radius 1 is 1.65 bits per heavy atom. The van der Waals surface area contributed by atoms with Crippen LogP contribution in [-0.4, -0.2) is 54.5 Å². The highest BCUT2D eigenvalue weighted by atomic mass is 16.6. The second kappa shape index (κ2) is 4.83. The topological polar surface area (TPSA) is 76.2 Å². The van der Waals surface area contributed by atoms with Gasteiger partial charge in [0.2, 0.25) is 0 Å². The molecule has 94 valence electrons. The second-order valence-corrected chi connectivity index (χ2v) is 4.11. The highest BCUT2D eigenvalue weighted by Crippen LogP contribution is 2.39. The maximum Gasteiger partial charge on any atom is 0.410 e. The van der Waals surface area contributed by atoms with Crippen LogP contribution in [0.1, 0.15) is 19.8 Å². The number of ether oxygens (including phenoxy) is 2. The van der Waals surface area contributed by atoms with Gasteiger partial charge in [-0.3, -0.25) is 4.79 Å². The summed E-state index contributed by atoms with van der Waals surface area (Å²) < 4.78 is 10.1. The van der Waals surface area contributed by atoms with Gasteiger partial charge in [-0.25, -0.2) is 4.79 Å². The van der Waals surface area contributed by atoms with E-state index >= 15 is 0 Å². The van der Waals surface area contributed by atoms with Gasteiger partial charge < -0.3 is 19.2 Å². The van der Waals surface area contributed by atoms with Gasteiger partial charge in [-0.2, -0.15) is 0 Å². The van der Waals surface area contributed by atoms with Crippen LogP contribution < -0.4 is 0 Å². The molecular weight excluding hydrogens is 226 g/mol. The number of fused-ring (bicyclic) bond motifs is 1. The summed E-state index contributed by atoms with van der Waals surface area (Å²) in [6.07, 6.45) is 0.261. The van der Waals surface area contributed by atoms with E-state index in [1.165, 1.54) is 4.90 Å². The van der Waals surface area contributed by atoms with Crippen molar-refractivity contribution in [1.82, 2.24) is 4.90 Å². The third-order valence-electron chi connectivity index (χ3n) is 3.02. The van der Waals surface area contributed by atoms with Crippen molar-refractivity contribution >= 4 is 18.2 Å². The molecule has 1 heterocycles. The Kier molecular flexibility index (Phi) is 3.42. The van der Waals surface area contributed by atoms with Crippen molar-refractivity contribution in [2.75, 3.05) is 13.2 Å². The monoisotopic (exact) mass is 241 g/mol. The fourth-order valence-corrected chi connectivity index (χ4v) is 2.19. The molecule has 0 bridgehead atoms. The summed E-state index contributed by atoms with van der Waals surface area (Å²) in [5.74, 6) is 0.0281. The van der Waals surface area contributed by atoms with Crippen LogP contribution in [0.2, 0.25) is 0 Å². The Bertz CT molecular complexity index is 343. The molecule has 1 aliphatic heterocycles. The normalized spacial score (nSPS) is 29.7. The van der Waals surface area contributed by atoms with Crippen LogP contribution in [0.4, 0.5) is 4.79 Å². The number of aldehydes is 1. The Labute approximate surface area is 98.8 Å². The third-order valence-corrected chi connectivity index (χ3v) is 3.02. The van der Waals surface area contributed by atoms with E-state index < -0.39 is 6.09 Å². The van der Waals surface area contributed by atoms with Gasteiger partial charge in [-0.05, 0) is 6.92 Å². The second-order valence-electron chi connectivity index (χ2n) is 4.11. The van der Waals surface area contributed by atoms with E-state index in [4.69, 9.17) is 9.47 Å². The highest BCUT2D eigenvalue weighted by molar-refractivity contribution is 5.90. The maximum atomic E-state index is 11.7.